The van der Waals surface area contributed by atoms with Gasteiger partial charge in [0.2, 0.25) is 5.91 Å². The van der Waals surface area contributed by atoms with Gasteiger partial charge in [0.25, 0.3) is 0 Å². The average molecular weight is 606 g/mol. The summed E-state index contributed by atoms with van der Waals surface area (Å²) in [5.74, 6) is 2.07. The molecule has 0 spiro atoms. The lowest BCUT2D eigenvalue weighted by molar-refractivity contribution is -0.231. The van der Waals surface area contributed by atoms with E-state index in [4.69, 9.17) is 9.72 Å². The molecule has 44 heavy (non-hydrogen) atoms. The molecule has 3 aliphatic heterocycles. The number of anilines is 2. The van der Waals surface area contributed by atoms with E-state index >= 15 is 0 Å². The van der Waals surface area contributed by atoms with Crippen molar-refractivity contribution in [3.63, 3.8) is 0 Å². The van der Waals surface area contributed by atoms with Crippen molar-refractivity contribution in [2.75, 3.05) is 36.0 Å². The van der Waals surface area contributed by atoms with Gasteiger partial charge in [0.05, 0.1) is 17.6 Å². The van der Waals surface area contributed by atoms with E-state index in [-0.39, 0.29) is 35.0 Å². The van der Waals surface area contributed by atoms with Crippen LogP contribution in [0, 0.1) is 35.1 Å². The fourth-order valence-electron chi connectivity index (χ4n) is 9.72. The first-order valence-electron chi connectivity index (χ1n) is 16.4. The number of hydrogen-bond donors (Lipinski definition) is 1. The molecule has 7 atom stereocenters. The van der Waals surface area contributed by atoms with Gasteiger partial charge >= 0.3 is 6.08 Å². The van der Waals surface area contributed by atoms with Crippen molar-refractivity contribution in [2.24, 2.45) is 23.2 Å². The van der Waals surface area contributed by atoms with Crippen LogP contribution in [0.25, 0.3) is 11.2 Å². The summed E-state index contributed by atoms with van der Waals surface area (Å²) in [4.78, 5) is 29.3. The minimum Gasteiger partial charge on any atom is -0.366 e. The average Bonchev–Trinajstić information content (AvgIpc) is 3.44. The SMILES string of the molecule is C[C@]12CCC(=O)N[C@@H]1CC[C@@H]1[C@@H]2CC[C@]2(C)O[C@H](n3cnc4c(N5CCN(c6ccccc6F)CC5)nc(F)nc43)CC[C@@H]12. The van der Waals surface area contributed by atoms with Gasteiger partial charge in [-0.1, -0.05) is 19.1 Å². The van der Waals surface area contributed by atoms with Crippen LogP contribution in [0.4, 0.5) is 20.3 Å². The molecule has 3 aromatic rings. The van der Waals surface area contributed by atoms with Crippen LogP contribution in [0.1, 0.15) is 71.4 Å². The van der Waals surface area contributed by atoms with Crippen molar-refractivity contribution in [3.05, 3.63) is 42.5 Å². The molecular formula is C33H41F2N7O2. The zero-order valence-corrected chi connectivity index (χ0v) is 25.5. The van der Waals surface area contributed by atoms with Crippen LogP contribution in [0.15, 0.2) is 30.6 Å². The number of piperazine rings is 1. The maximum Gasteiger partial charge on any atom is 0.312 e. The molecule has 2 aliphatic carbocycles. The van der Waals surface area contributed by atoms with Crippen LogP contribution in [0.2, 0.25) is 0 Å². The van der Waals surface area contributed by atoms with E-state index in [9.17, 15) is 13.6 Å². The number of rotatable bonds is 3. The normalized spacial score (nSPS) is 35.5. The fraction of sp³-hybridized carbons (Fsp3) is 0.636. The summed E-state index contributed by atoms with van der Waals surface area (Å²) >= 11 is 0. The Labute approximate surface area is 256 Å². The maximum absolute atomic E-state index is 15.0. The lowest BCUT2D eigenvalue weighted by atomic mass is 9.48. The van der Waals surface area contributed by atoms with E-state index in [2.05, 4.69) is 29.1 Å². The second kappa shape index (κ2) is 10.4. The number of ether oxygens (including phenoxy) is 1. The van der Waals surface area contributed by atoms with E-state index in [1.165, 1.54) is 6.07 Å². The quantitative estimate of drug-likeness (QED) is 0.410. The highest BCUT2D eigenvalue weighted by atomic mass is 19.1. The highest BCUT2D eigenvalue weighted by Gasteiger charge is 2.59. The number of para-hydroxylation sites is 1. The van der Waals surface area contributed by atoms with Crippen LogP contribution in [-0.4, -0.2) is 63.2 Å². The molecule has 1 aromatic carbocycles. The minimum absolute atomic E-state index is 0.154. The van der Waals surface area contributed by atoms with Crippen molar-refractivity contribution in [1.29, 1.82) is 0 Å². The molecule has 1 N–H and O–H groups in total. The van der Waals surface area contributed by atoms with Gasteiger partial charge in [-0.05, 0) is 87.2 Å². The second-order valence-corrected chi connectivity index (χ2v) is 14.1. The van der Waals surface area contributed by atoms with Crippen molar-refractivity contribution in [1.82, 2.24) is 24.8 Å². The number of carbonyl (C=O) groups is 1. The van der Waals surface area contributed by atoms with E-state index in [1.807, 2.05) is 20.4 Å². The highest BCUT2D eigenvalue weighted by molar-refractivity contribution is 5.83. The first-order valence-corrected chi connectivity index (χ1v) is 16.4. The standard InChI is InChI=1S/C33H41F2N7O2/c1-32-13-12-26(43)37-25(32)9-7-20-21(32)11-14-33(2)22(20)8-10-27(44-33)42-19-36-28-29(38-31(35)39-30(28)42)41-17-15-40(16-18-41)24-6-4-3-5-23(24)34/h3-6,19-22,25,27H,7-18H2,1-2H3,(H,37,43)/t20-,21+,22+,25-,27+,32-,33+/m1/s1. The number of amides is 1. The van der Waals surface area contributed by atoms with Gasteiger partial charge in [0, 0.05) is 38.6 Å². The molecule has 234 valence electrons. The number of hydrogen-bond acceptors (Lipinski definition) is 7. The first-order chi connectivity index (χ1) is 21.2. The molecule has 1 amide bonds. The number of benzene rings is 1. The predicted molar refractivity (Wildman–Crippen MR) is 162 cm³/mol. The molecule has 5 aliphatic rings. The minimum atomic E-state index is -0.782. The summed E-state index contributed by atoms with van der Waals surface area (Å²) < 4.78 is 38.2. The van der Waals surface area contributed by atoms with Gasteiger partial charge < -0.3 is 19.9 Å². The van der Waals surface area contributed by atoms with Gasteiger partial charge in [-0.15, -0.1) is 0 Å². The van der Waals surface area contributed by atoms with E-state index in [0.29, 0.717) is 73.0 Å². The summed E-state index contributed by atoms with van der Waals surface area (Å²) in [6, 6.07) is 7.08. The Hall–Kier alpha value is -3.34. The summed E-state index contributed by atoms with van der Waals surface area (Å²) in [6.07, 6.45) is 8.36. The van der Waals surface area contributed by atoms with Gasteiger partial charge in [0.1, 0.15) is 12.0 Å². The van der Waals surface area contributed by atoms with Crippen LogP contribution in [0.5, 0.6) is 0 Å². The van der Waals surface area contributed by atoms with Crippen molar-refractivity contribution in [2.45, 2.75) is 83.1 Å². The molecule has 5 fully saturated rings. The van der Waals surface area contributed by atoms with E-state index in [0.717, 1.165) is 44.9 Å². The molecule has 3 saturated heterocycles. The molecule has 11 heteroatoms. The number of halogens is 2. The summed E-state index contributed by atoms with van der Waals surface area (Å²) in [7, 11) is 0. The van der Waals surface area contributed by atoms with Crippen LogP contribution < -0.4 is 15.1 Å². The molecule has 0 unspecified atom stereocenters. The molecule has 0 bridgehead atoms. The van der Waals surface area contributed by atoms with E-state index in [1.54, 1.807) is 18.5 Å². The largest absolute Gasteiger partial charge is 0.366 e. The Morgan fingerprint density at radius 3 is 2.55 bits per heavy atom. The highest BCUT2D eigenvalue weighted by Crippen LogP contribution is 2.61. The molecule has 9 nitrogen and oxygen atoms in total. The maximum atomic E-state index is 15.0. The summed E-state index contributed by atoms with van der Waals surface area (Å²) in [5.41, 5.74) is 1.48. The first kappa shape index (κ1) is 28.2. The third-order valence-electron chi connectivity index (χ3n) is 12.0. The molecule has 8 rings (SSSR count). The molecule has 0 radical (unpaired) electrons. The summed E-state index contributed by atoms with van der Waals surface area (Å²) in [5, 5.41) is 3.32. The van der Waals surface area contributed by atoms with Crippen LogP contribution >= 0.6 is 0 Å². The van der Waals surface area contributed by atoms with Crippen LogP contribution in [0.3, 0.4) is 0 Å². The Kier molecular flexibility index (Phi) is 6.63. The van der Waals surface area contributed by atoms with Crippen molar-refractivity contribution >= 4 is 28.6 Å². The third kappa shape index (κ3) is 4.40. The number of fused-ring (bicyclic) bond motifs is 6. The van der Waals surface area contributed by atoms with E-state index < -0.39 is 6.08 Å². The summed E-state index contributed by atoms with van der Waals surface area (Å²) in [6.45, 7) is 7.00. The molecule has 5 heterocycles. The Balaban J connectivity index is 1.01. The fourth-order valence-corrected chi connectivity index (χ4v) is 9.72. The molecule has 2 saturated carbocycles. The molecular weight excluding hydrogens is 564 g/mol. The zero-order valence-electron chi connectivity index (χ0n) is 25.5. The Morgan fingerprint density at radius 2 is 1.73 bits per heavy atom. The zero-order chi connectivity index (χ0) is 30.2. The van der Waals surface area contributed by atoms with Crippen molar-refractivity contribution < 1.29 is 18.3 Å². The second-order valence-electron chi connectivity index (χ2n) is 14.1. The van der Waals surface area contributed by atoms with Crippen LogP contribution in [-0.2, 0) is 9.53 Å². The Morgan fingerprint density at radius 1 is 0.932 bits per heavy atom. The van der Waals surface area contributed by atoms with Gasteiger partial charge in [-0.2, -0.15) is 14.4 Å². The van der Waals surface area contributed by atoms with Gasteiger partial charge in [0.15, 0.2) is 17.0 Å². The smallest absolute Gasteiger partial charge is 0.312 e. The topological polar surface area (TPSA) is 88.4 Å². The molecule has 2 aromatic heterocycles. The number of aromatic nitrogens is 4. The monoisotopic (exact) mass is 605 g/mol. The Bertz CT molecular complexity index is 1590. The van der Waals surface area contributed by atoms with Gasteiger partial charge in [-0.3, -0.25) is 9.36 Å². The lowest BCUT2D eigenvalue weighted by Gasteiger charge is -2.62. The number of nitrogens with zero attached hydrogens (tertiary/aromatic N) is 6. The predicted octanol–water partition coefficient (Wildman–Crippen LogP) is 5.22. The number of nitrogens with one attached hydrogen (secondary N) is 1. The van der Waals surface area contributed by atoms with Crippen molar-refractivity contribution in [3.8, 4) is 0 Å². The van der Waals surface area contributed by atoms with Gasteiger partial charge in [-0.25, -0.2) is 9.37 Å². The number of piperidine rings is 1. The number of imidazole rings is 1. The lowest BCUT2D eigenvalue weighted by Crippen LogP contribution is -2.63. The number of carbonyl (C=O) groups excluding carboxylic acids is 1. The third-order valence-corrected chi connectivity index (χ3v) is 12.0.